The van der Waals surface area contributed by atoms with E-state index < -0.39 is 0 Å². The average molecular weight is 758 g/mol. The standard InChI is InChI=1S/C53H31N3OS/c1-3-13-32(14-4-1)44-31-45(39-22-12-21-38-37-19-7-9-23-46(37)57-52(38)39)56-53(55-44)36-18-11-17-34(29-36)35-25-27-43-42(30-35)49-41(51(54-43)33-15-5-2-6-16-33)26-28-48-50(49)40-20-8-10-24-47(40)58-48/h1-31H. The molecule has 0 amide bonds. The Bertz CT molecular complexity index is 3570. The highest BCUT2D eigenvalue weighted by molar-refractivity contribution is 7.26. The third-order valence-corrected chi connectivity index (χ3v) is 12.4. The number of fused-ring (bicyclic) bond motifs is 10. The maximum Gasteiger partial charge on any atom is 0.160 e. The molecule has 0 bridgehead atoms. The molecule has 12 rings (SSSR count). The topological polar surface area (TPSA) is 51.8 Å². The number of aromatic nitrogens is 3. The van der Waals surface area contributed by atoms with Gasteiger partial charge in [-0.2, -0.15) is 0 Å². The van der Waals surface area contributed by atoms with Crippen molar-refractivity contribution in [2.24, 2.45) is 0 Å². The summed E-state index contributed by atoms with van der Waals surface area (Å²) in [6.07, 6.45) is 0. The third-order valence-electron chi connectivity index (χ3n) is 11.3. The van der Waals surface area contributed by atoms with Crippen LogP contribution in [0.1, 0.15) is 0 Å². The van der Waals surface area contributed by atoms with Crippen LogP contribution in [0.25, 0.3) is 120 Å². The van der Waals surface area contributed by atoms with E-state index in [9.17, 15) is 0 Å². The van der Waals surface area contributed by atoms with Crippen molar-refractivity contribution in [3.63, 3.8) is 0 Å². The van der Waals surface area contributed by atoms with E-state index in [0.717, 1.165) is 88.7 Å². The first-order valence-electron chi connectivity index (χ1n) is 19.4. The molecule has 8 aromatic carbocycles. The van der Waals surface area contributed by atoms with Gasteiger partial charge in [0, 0.05) is 69.4 Å². The van der Waals surface area contributed by atoms with Crippen LogP contribution in [-0.4, -0.2) is 15.0 Å². The molecule has 0 aliphatic carbocycles. The van der Waals surface area contributed by atoms with Crippen LogP contribution in [-0.2, 0) is 0 Å². The number of benzene rings is 8. The van der Waals surface area contributed by atoms with E-state index in [1.165, 1.54) is 25.6 Å². The molecule has 270 valence electrons. The van der Waals surface area contributed by atoms with E-state index in [2.05, 4.69) is 152 Å². The fourth-order valence-electron chi connectivity index (χ4n) is 8.56. The molecule has 4 heterocycles. The van der Waals surface area contributed by atoms with E-state index in [1.54, 1.807) is 0 Å². The van der Waals surface area contributed by atoms with Crippen molar-refractivity contribution >= 4 is 75.1 Å². The van der Waals surface area contributed by atoms with E-state index in [-0.39, 0.29) is 0 Å². The van der Waals surface area contributed by atoms with Crippen LogP contribution in [0.4, 0.5) is 0 Å². The van der Waals surface area contributed by atoms with E-state index in [0.29, 0.717) is 5.82 Å². The Morgan fingerprint density at radius 2 is 1.07 bits per heavy atom. The summed E-state index contributed by atoms with van der Waals surface area (Å²) in [4.78, 5) is 15.8. The molecule has 4 nitrogen and oxygen atoms in total. The van der Waals surface area contributed by atoms with Crippen molar-refractivity contribution in [1.82, 2.24) is 15.0 Å². The summed E-state index contributed by atoms with van der Waals surface area (Å²) in [6, 6.07) is 65.9. The zero-order valence-corrected chi connectivity index (χ0v) is 31.9. The highest BCUT2D eigenvalue weighted by atomic mass is 32.1. The molecule has 0 saturated carbocycles. The van der Waals surface area contributed by atoms with Gasteiger partial charge in [0.2, 0.25) is 0 Å². The minimum atomic E-state index is 0.651. The van der Waals surface area contributed by atoms with Gasteiger partial charge < -0.3 is 4.42 Å². The number of pyridine rings is 1. The van der Waals surface area contributed by atoms with Gasteiger partial charge in [0.25, 0.3) is 0 Å². The van der Waals surface area contributed by atoms with Gasteiger partial charge in [0.1, 0.15) is 11.2 Å². The number of para-hydroxylation sites is 2. The molecule has 0 aliphatic rings. The molecular weight excluding hydrogens is 727 g/mol. The molecule has 0 spiro atoms. The molecule has 0 saturated heterocycles. The van der Waals surface area contributed by atoms with Gasteiger partial charge >= 0.3 is 0 Å². The van der Waals surface area contributed by atoms with Crippen molar-refractivity contribution in [1.29, 1.82) is 0 Å². The fourth-order valence-corrected chi connectivity index (χ4v) is 9.68. The maximum atomic E-state index is 6.48. The minimum absolute atomic E-state index is 0.651. The summed E-state index contributed by atoms with van der Waals surface area (Å²) in [5.41, 5.74) is 11.5. The Hall–Kier alpha value is -7.47. The number of hydrogen-bond donors (Lipinski definition) is 0. The molecular formula is C53H31N3OS. The summed E-state index contributed by atoms with van der Waals surface area (Å²) < 4.78 is 9.05. The largest absolute Gasteiger partial charge is 0.455 e. The van der Waals surface area contributed by atoms with Crippen molar-refractivity contribution in [2.45, 2.75) is 0 Å². The summed E-state index contributed by atoms with van der Waals surface area (Å²) in [5, 5.41) is 8.24. The van der Waals surface area contributed by atoms with Crippen LogP contribution in [0.3, 0.4) is 0 Å². The maximum absolute atomic E-state index is 6.48. The molecule has 0 unspecified atom stereocenters. The lowest BCUT2D eigenvalue weighted by atomic mass is 9.94. The number of thiophene rings is 1. The molecule has 0 atom stereocenters. The van der Waals surface area contributed by atoms with Crippen LogP contribution in [0.5, 0.6) is 0 Å². The molecule has 5 heteroatoms. The predicted octanol–water partition coefficient (Wildman–Crippen LogP) is 14.8. The SMILES string of the molecule is c1ccc(-c2cc(-c3cccc4c3oc3ccccc34)nc(-c3cccc(-c4ccc5nc(-c6ccccc6)c6ccc7sc8ccccc8c7c6c5c4)c3)n2)cc1. The van der Waals surface area contributed by atoms with Crippen molar-refractivity contribution in [2.75, 3.05) is 0 Å². The zero-order valence-electron chi connectivity index (χ0n) is 31.1. The van der Waals surface area contributed by atoms with Crippen LogP contribution in [0.15, 0.2) is 192 Å². The van der Waals surface area contributed by atoms with Crippen molar-refractivity contribution in [3.05, 3.63) is 188 Å². The van der Waals surface area contributed by atoms with E-state index >= 15 is 0 Å². The van der Waals surface area contributed by atoms with E-state index in [1.807, 2.05) is 47.7 Å². The zero-order chi connectivity index (χ0) is 38.2. The molecule has 0 fully saturated rings. The monoisotopic (exact) mass is 757 g/mol. The first-order valence-corrected chi connectivity index (χ1v) is 20.2. The summed E-state index contributed by atoms with van der Waals surface area (Å²) in [5.74, 6) is 0.651. The third kappa shape index (κ3) is 5.25. The van der Waals surface area contributed by atoms with Gasteiger partial charge in [-0.25, -0.2) is 15.0 Å². The quantitative estimate of drug-likeness (QED) is 0.164. The molecule has 58 heavy (non-hydrogen) atoms. The minimum Gasteiger partial charge on any atom is -0.455 e. The Morgan fingerprint density at radius 1 is 0.379 bits per heavy atom. The van der Waals surface area contributed by atoms with Crippen LogP contribution >= 0.6 is 11.3 Å². The lowest BCUT2D eigenvalue weighted by molar-refractivity contribution is 0.670. The van der Waals surface area contributed by atoms with Gasteiger partial charge in [0.15, 0.2) is 5.82 Å². The Morgan fingerprint density at radius 3 is 1.95 bits per heavy atom. The van der Waals surface area contributed by atoms with Crippen LogP contribution in [0.2, 0.25) is 0 Å². The number of furan rings is 1. The first-order chi connectivity index (χ1) is 28.7. The summed E-state index contributed by atoms with van der Waals surface area (Å²) in [7, 11) is 0. The highest BCUT2D eigenvalue weighted by Gasteiger charge is 2.19. The average Bonchev–Trinajstić information content (AvgIpc) is 3.88. The summed E-state index contributed by atoms with van der Waals surface area (Å²) >= 11 is 1.85. The first kappa shape index (κ1) is 32.7. The molecule has 12 aromatic rings. The predicted molar refractivity (Wildman–Crippen MR) is 242 cm³/mol. The normalized spacial score (nSPS) is 11.8. The molecule has 0 radical (unpaired) electrons. The van der Waals surface area contributed by atoms with Gasteiger partial charge in [-0.3, -0.25) is 0 Å². The van der Waals surface area contributed by atoms with Crippen molar-refractivity contribution in [3.8, 4) is 56.3 Å². The van der Waals surface area contributed by atoms with Gasteiger partial charge in [0.05, 0.1) is 22.6 Å². The van der Waals surface area contributed by atoms with Crippen LogP contribution < -0.4 is 0 Å². The number of nitrogens with zero attached hydrogens (tertiary/aromatic N) is 3. The van der Waals surface area contributed by atoms with Gasteiger partial charge in [-0.15, -0.1) is 11.3 Å². The molecule has 0 N–H and O–H groups in total. The summed E-state index contributed by atoms with van der Waals surface area (Å²) in [6.45, 7) is 0. The lowest BCUT2D eigenvalue weighted by Gasteiger charge is -2.14. The second-order valence-electron chi connectivity index (χ2n) is 14.7. The second-order valence-corrected chi connectivity index (χ2v) is 15.8. The van der Waals surface area contributed by atoms with E-state index in [4.69, 9.17) is 19.4 Å². The van der Waals surface area contributed by atoms with Crippen LogP contribution in [0, 0.1) is 0 Å². The smallest absolute Gasteiger partial charge is 0.160 e. The fraction of sp³-hybridized carbons (Fsp3) is 0. The highest BCUT2D eigenvalue weighted by Crippen LogP contribution is 2.44. The number of rotatable bonds is 5. The Balaban J connectivity index is 1.06. The van der Waals surface area contributed by atoms with Gasteiger partial charge in [-0.05, 0) is 59.7 Å². The lowest BCUT2D eigenvalue weighted by Crippen LogP contribution is -1.96. The van der Waals surface area contributed by atoms with Crippen molar-refractivity contribution < 1.29 is 4.42 Å². The second kappa shape index (κ2) is 13.1. The molecule has 4 aromatic heterocycles. The number of hydrogen-bond acceptors (Lipinski definition) is 5. The molecule has 0 aliphatic heterocycles. The Kier molecular flexibility index (Phi) is 7.37. The van der Waals surface area contributed by atoms with Gasteiger partial charge in [-0.1, -0.05) is 140 Å². The Labute approximate surface area is 337 Å².